The molecule has 0 heterocycles. The monoisotopic (exact) mass is 277 g/mol. The van der Waals surface area contributed by atoms with Crippen LogP contribution >= 0.6 is 0 Å². The predicted molar refractivity (Wildman–Crippen MR) is 44.7 cm³/mol. The molecule has 1 aromatic rings. The van der Waals surface area contributed by atoms with Gasteiger partial charge in [-0.3, -0.25) is 0 Å². The molecule has 0 bridgehead atoms. The molecule has 0 aliphatic rings. The first kappa shape index (κ1) is 17.5. The molecule has 0 saturated carbocycles. The second-order valence-electron chi connectivity index (χ2n) is 1.44. The van der Waals surface area contributed by atoms with E-state index in [0.29, 0.717) is 0 Å². The van der Waals surface area contributed by atoms with Crippen molar-refractivity contribution in [2.75, 3.05) is 7.11 Å². The maximum atomic E-state index is 4.89. The molecule has 2 heteroatoms. The van der Waals surface area contributed by atoms with Crippen LogP contribution in [0.15, 0.2) is 24.3 Å². The van der Waals surface area contributed by atoms with Crippen LogP contribution < -0.4 is 4.74 Å². The van der Waals surface area contributed by atoms with Crippen molar-refractivity contribution in [2.24, 2.45) is 0 Å². The van der Waals surface area contributed by atoms with E-state index in [1.54, 1.807) is 7.11 Å². The van der Waals surface area contributed by atoms with Crippen molar-refractivity contribution in [3.63, 3.8) is 0 Å². The number of ether oxygens (including phenoxy) is 1. The van der Waals surface area contributed by atoms with Gasteiger partial charge in [-0.25, -0.2) is 0 Å². The van der Waals surface area contributed by atoms with Gasteiger partial charge >= 0.3 is 41.7 Å². The van der Waals surface area contributed by atoms with Gasteiger partial charge in [-0.1, -0.05) is 0 Å². The largest absolute Gasteiger partial charge is 3.00 e. The van der Waals surface area contributed by atoms with E-state index >= 15 is 0 Å². The third-order valence-corrected chi connectivity index (χ3v) is 0.923. The Morgan fingerprint density at radius 3 is 1.91 bits per heavy atom. The van der Waals surface area contributed by atoms with Gasteiger partial charge in [0, 0.05) is 5.75 Å². The fourth-order valence-corrected chi connectivity index (χ4v) is 0.508. The van der Waals surface area contributed by atoms with Gasteiger partial charge in [-0.2, -0.15) is 18.2 Å². The third kappa shape index (κ3) is 6.78. The number of rotatable bonds is 1. The average Bonchev–Trinajstić information content (AvgIpc) is 1.90. The maximum absolute atomic E-state index is 4.89. The number of benzene rings is 1. The van der Waals surface area contributed by atoms with Crippen molar-refractivity contribution >= 4 is 0 Å². The second-order valence-corrected chi connectivity index (χ2v) is 1.44. The molecule has 1 nitrogen and oxygen atoms in total. The van der Waals surface area contributed by atoms with Gasteiger partial charge in [-0.05, 0) is 0 Å². The van der Waals surface area contributed by atoms with Gasteiger partial charge in [0.15, 0.2) is 0 Å². The van der Waals surface area contributed by atoms with E-state index in [1.807, 2.05) is 24.3 Å². The summed E-state index contributed by atoms with van der Waals surface area (Å²) in [6, 6.07) is 10.2. The van der Waals surface area contributed by atoms with Gasteiger partial charge in [0.25, 0.3) is 0 Å². The van der Waals surface area contributed by atoms with Crippen molar-refractivity contribution in [2.45, 2.75) is 0 Å². The van der Waals surface area contributed by atoms with Crippen LogP contribution in [0.1, 0.15) is 0 Å². The van der Waals surface area contributed by atoms with Gasteiger partial charge in [0.2, 0.25) is 0 Å². The number of hydrogen-bond acceptors (Lipinski definition) is 1. The van der Waals surface area contributed by atoms with Crippen LogP contribution in [0.4, 0.5) is 0 Å². The van der Waals surface area contributed by atoms with E-state index in [0.717, 1.165) is 5.75 Å². The van der Waals surface area contributed by atoms with E-state index in [4.69, 9.17) is 4.74 Å². The molecule has 0 N–H and O–H groups in total. The molecule has 0 aliphatic carbocycles. The molecule has 1 rings (SSSR count). The summed E-state index contributed by atoms with van der Waals surface area (Å²) in [6.07, 6.45) is 0. The summed E-state index contributed by atoms with van der Waals surface area (Å²) in [4.78, 5) is 0. The zero-order chi connectivity index (χ0) is 5.82. The molecule has 1 radical (unpaired) electrons. The summed E-state index contributed by atoms with van der Waals surface area (Å²) >= 11 is 0. The molecule has 0 aromatic heterocycles. The summed E-state index contributed by atoms with van der Waals surface area (Å²) in [7, 11) is 1.65. The zero-order valence-electron chi connectivity index (χ0n) is 7.22. The third-order valence-electron chi connectivity index (χ3n) is 0.923. The molecule has 11 heavy (non-hydrogen) atoms. The van der Waals surface area contributed by atoms with Gasteiger partial charge in [0.05, 0.1) is 7.11 Å². The van der Waals surface area contributed by atoms with E-state index in [9.17, 15) is 0 Å². The van der Waals surface area contributed by atoms with Crippen molar-refractivity contribution in [1.82, 2.24) is 0 Å². The molecule has 0 fully saturated rings. The fourth-order valence-electron chi connectivity index (χ4n) is 0.508. The SMILES string of the molecule is COc1cc[c-]cc1.[CH3-].[CH3-].[Ce+3]. The van der Waals surface area contributed by atoms with Crippen molar-refractivity contribution in [3.05, 3.63) is 45.2 Å². The van der Waals surface area contributed by atoms with Crippen LogP contribution in [-0.4, -0.2) is 7.11 Å². The Kier molecular flexibility index (Phi) is 16.5. The summed E-state index contributed by atoms with van der Waals surface area (Å²) in [5, 5.41) is 0. The first-order valence-electron chi connectivity index (χ1n) is 2.43. The van der Waals surface area contributed by atoms with Crippen LogP contribution in [0.25, 0.3) is 0 Å². The first-order chi connectivity index (χ1) is 3.93. The van der Waals surface area contributed by atoms with Crippen molar-refractivity contribution in [3.8, 4) is 5.75 Å². The fraction of sp³-hybridized carbons (Fsp3) is 0.111. The normalized spacial score (nSPS) is 6.27. The first-order valence-corrected chi connectivity index (χ1v) is 2.43. The molecule has 0 amide bonds. The summed E-state index contributed by atoms with van der Waals surface area (Å²) in [5.74, 6) is 0.878. The standard InChI is InChI=1S/C7H7O.2CH3.Ce/c1-8-7-5-3-2-4-6-7;;;/h3-6H,1H3;2*1H3;/q3*-1;+3. The Labute approximate surface area is 104 Å². The van der Waals surface area contributed by atoms with Crippen LogP contribution in [-0.2, 0) is 0 Å². The van der Waals surface area contributed by atoms with E-state index < -0.39 is 0 Å². The summed E-state index contributed by atoms with van der Waals surface area (Å²) < 4.78 is 4.89. The predicted octanol–water partition coefficient (Wildman–Crippen LogP) is 2.40. The molecule has 0 aliphatic heterocycles. The maximum Gasteiger partial charge on any atom is 3.00 e. The molecule has 0 unspecified atom stereocenters. The van der Waals surface area contributed by atoms with Gasteiger partial charge in [0.1, 0.15) is 0 Å². The minimum Gasteiger partial charge on any atom is -0.522 e. The quantitative estimate of drug-likeness (QED) is 0.716. The Morgan fingerprint density at radius 2 is 1.64 bits per heavy atom. The second kappa shape index (κ2) is 10.4. The Balaban J connectivity index is -0.000000213. The van der Waals surface area contributed by atoms with Crippen LogP contribution in [0.3, 0.4) is 0 Å². The Hall–Kier alpha value is 0.397. The van der Waals surface area contributed by atoms with Gasteiger partial charge < -0.3 is 19.6 Å². The molecular formula is C9H13CeO. The van der Waals surface area contributed by atoms with Crippen LogP contribution in [0.5, 0.6) is 5.75 Å². The zero-order valence-corrected chi connectivity index (χ0v) is 10.4. The minimum atomic E-state index is 0. The Bertz CT molecular complexity index is 151. The van der Waals surface area contributed by atoms with Crippen LogP contribution in [0, 0.1) is 62.7 Å². The molecule has 0 atom stereocenters. The molecule has 59 valence electrons. The Morgan fingerprint density at radius 1 is 1.18 bits per heavy atom. The minimum absolute atomic E-state index is 0. The van der Waals surface area contributed by atoms with E-state index in [2.05, 4.69) is 6.07 Å². The molecule has 1 aromatic carbocycles. The van der Waals surface area contributed by atoms with Crippen molar-refractivity contribution < 1.29 is 46.5 Å². The number of methoxy groups -OCH3 is 1. The summed E-state index contributed by atoms with van der Waals surface area (Å²) in [6.45, 7) is 0. The van der Waals surface area contributed by atoms with Crippen molar-refractivity contribution in [1.29, 1.82) is 0 Å². The number of hydrogen-bond donors (Lipinski definition) is 0. The van der Waals surface area contributed by atoms with E-state index in [-0.39, 0.29) is 56.6 Å². The molecule has 0 saturated heterocycles. The van der Waals surface area contributed by atoms with Crippen LogP contribution in [0.2, 0.25) is 0 Å². The topological polar surface area (TPSA) is 9.23 Å². The molecule has 0 spiro atoms. The average molecular weight is 277 g/mol. The van der Waals surface area contributed by atoms with E-state index in [1.165, 1.54) is 0 Å². The van der Waals surface area contributed by atoms with Gasteiger partial charge in [-0.15, -0.1) is 12.1 Å². The summed E-state index contributed by atoms with van der Waals surface area (Å²) in [5.41, 5.74) is 0. The smallest absolute Gasteiger partial charge is 0.522 e. The molecular weight excluding hydrogens is 264 g/mol.